The van der Waals surface area contributed by atoms with Gasteiger partial charge in [0.1, 0.15) is 23.7 Å². The van der Waals surface area contributed by atoms with Gasteiger partial charge in [0.15, 0.2) is 5.11 Å². The van der Waals surface area contributed by atoms with Crippen molar-refractivity contribution in [2.75, 3.05) is 6.54 Å². The Bertz CT molecular complexity index is 1130. The van der Waals surface area contributed by atoms with Crippen molar-refractivity contribution in [3.8, 4) is 0 Å². The van der Waals surface area contributed by atoms with Crippen molar-refractivity contribution >= 4 is 51.0 Å². The number of fused-ring (bicyclic) bond motifs is 2. The van der Waals surface area contributed by atoms with Gasteiger partial charge < -0.3 is 26.0 Å². The van der Waals surface area contributed by atoms with Gasteiger partial charge in [0.25, 0.3) is 5.91 Å². The van der Waals surface area contributed by atoms with E-state index in [4.69, 9.17) is 22.7 Å². The van der Waals surface area contributed by atoms with Crippen LogP contribution in [0.4, 0.5) is 0 Å². The van der Waals surface area contributed by atoms with Crippen molar-refractivity contribution in [2.45, 2.75) is 107 Å². The molecule has 0 aromatic carbocycles. The van der Waals surface area contributed by atoms with Gasteiger partial charge in [-0.2, -0.15) is 0 Å². The second-order valence-electron chi connectivity index (χ2n) is 11.5. The molecule has 4 rings (SSSR count). The van der Waals surface area contributed by atoms with Gasteiger partial charge in [0, 0.05) is 13.3 Å². The molecule has 5 N–H and O–H groups in total. The molecule has 0 bridgehead atoms. The molecule has 3 amide bonds. The van der Waals surface area contributed by atoms with Gasteiger partial charge in [-0.25, -0.2) is 8.42 Å². The lowest BCUT2D eigenvalue weighted by Gasteiger charge is -2.30. The quantitative estimate of drug-likeness (QED) is 0.257. The van der Waals surface area contributed by atoms with Crippen LogP contribution in [0.2, 0.25) is 0 Å². The zero-order chi connectivity index (χ0) is 28.5. The van der Waals surface area contributed by atoms with E-state index in [2.05, 4.69) is 15.4 Å². The minimum atomic E-state index is -3.82. The van der Waals surface area contributed by atoms with Gasteiger partial charge in [-0.1, -0.05) is 39.0 Å². The molecule has 0 spiro atoms. The average Bonchev–Trinajstić information content (AvgIpc) is 3.76. The summed E-state index contributed by atoms with van der Waals surface area (Å²) in [5.41, 5.74) is 4.31. The van der Waals surface area contributed by atoms with Gasteiger partial charge in [-0.15, -0.1) is 0 Å². The number of esters is 1. The standard InChI is InChI=1S/C25H39N5O7S2/c1-14-7-5-3-4-6-8-19(27-24(26)38)22(33)30-13-16(37-15(2)31)11-20(30)21(32)28-25(12-18(14)25)23(34)29-39(35,36)17-9-10-17/h14,16-20H,3-13H2,1-2H3,(H,28,32)(H,29,34)(H3,26,27,38)/t14?,16-,18+,19+,20+,25-/m1/s1. The third-order valence-electron chi connectivity index (χ3n) is 8.35. The number of amides is 3. The molecule has 4 fully saturated rings. The number of nitrogens with zero attached hydrogens (tertiary/aromatic N) is 1. The SMILES string of the molecule is CC(=O)O[C@@H]1C[C@H]2C(=O)N[C@]3(C(=O)NS(=O)(=O)C4CC4)C[C@H]3C(C)CCCCCC[C@H](NC(N)=S)C(=O)N2C1. The van der Waals surface area contributed by atoms with Crippen LogP contribution in [0.5, 0.6) is 0 Å². The monoisotopic (exact) mass is 585 g/mol. The largest absolute Gasteiger partial charge is 0.461 e. The number of carbonyl (C=O) groups excluding carboxylic acids is 4. The molecule has 0 aromatic rings. The molecule has 39 heavy (non-hydrogen) atoms. The minimum absolute atomic E-state index is 0.00109. The van der Waals surface area contributed by atoms with Crippen molar-refractivity contribution in [3.63, 3.8) is 0 Å². The minimum Gasteiger partial charge on any atom is -0.461 e. The first-order chi connectivity index (χ1) is 18.3. The molecule has 14 heteroatoms. The van der Waals surface area contributed by atoms with E-state index in [1.165, 1.54) is 11.8 Å². The van der Waals surface area contributed by atoms with E-state index in [0.717, 1.165) is 32.1 Å². The molecule has 2 aliphatic carbocycles. The molecular weight excluding hydrogens is 546 g/mol. The van der Waals surface area contributed by atoms with Crippen LogP contribution in [-0.2, 0) is 33.9 Å². The van der Waals surface area contributed by atoms with Crippen molar-refractivity contribution in [1.82, 2.24) is 20.3 Å². The van der Waals surface area contributed by atoms with Crippen LogP contribution in [0, 0.1) is 11.8 Å². The zero-order valence-corrected chi connectivity index (χ0v) is 24.1. The maximum absolute atomic E-state index is 13.8. The highest BCUT2D eigenvalue weighted by Crippen LogP contribution is 2.51. The molecule has 1 unspecified atom stereocenters. The lowest BCUT2D eigenvalue weighted by molar-refractivity contribution is -0.146. The molecule has 0 aromatic heterocycles. The van der Waals surface area contributed by atoms with E-state index in [9.17, 15) is 27.6 Å². The molecule has 2 aliphatic heterocycles. The third-order valence-corrected chi connectivity index (χ3v) is 10.3. The first-order valence-electron chi connectivity index (χ1n) is 13.8. The summed E-state index contributed by atoms with van der Waals surface area (Å²) < 4.78 is 32.7. The molecular formula is C25H39N5O7S2. The Morgan fingerprint density at radius 3 is 2.41 bits per heavy atom. The topological polar surface area (TPSA) is 177 Å². The van der Waals surface area contributed by atoms with Crippen LogP contribution in [-0.4, -0.2) is 77.6 Å². The van der Waals surface area contributed by atoms with Crippen molar-refractivity contribution < 1.29 is 32.3 Å². The summed E-state index contributed by atoms with van der Waals surface area (Å²) >= 11 is 4.99. The average molecular weight is 586 g/mol. The normalized spacial score (nSPS) is 33.9. The van der Waals surface area contributed by atoms with Gasteiger partial charge in [-0.05, 0) is 49.7 Å². The van der Waals surface area contributed by atoms with Gasteiger partial charge in [-0.3, -0.25) is 23.9 Å². The van der Waals surface area contributed by atoms with E-state index in [0.29, 0.717) is 25.7 Å². The van der Waals surface area contributed by atoms with Gasteiger partial charge in [0.05, 0.1) is 11.8 Å². The highest BCUT2D eigenvalue weighted by molar-refractivity contribution is 7.91. The number of nitrogens with one attached hydrogen (secondary N) is 3. The molecule has 2 saturated heterocycles. The number of thiocarbonyl (C=S) groups is 1. The van der Waals surface area contributed by atoms with Crippen LogP contribution in [0.3, 0.4) is 0 Å². The predicted molar refractivity (Wildman–Crippen MR) is 145 cm³/mol. The molecule has 2 saturated carbocycles. The summed E-state index contributed by atoms with van der Waals surface area (Å²) in [7, 11) is -3.82. The van der Waals surface area contributed by atoms with Crippen LogP contribution < -0.4 is 21.1 Å². The number of carbonyl (C=O) groups is 4. The zero-order valence-electron chi connectivity index (χ0n) is 22.4. The Balaban J connectivity index is 1.63. The highest BCUT2D eigenvalue weighted by atomic mass is 32.2. The molecule has 6 atom stereocenters. The second-order valence-corrected chi connectivity index (χ2v) is 13.9. The number of hydrogen-bond donors (Lipinski definition) is 4. The van der Waals surface area contributed by atoms with Crippen LogP contribution in [0.25, 0.3) is 0 Å². The first kappa shape index (κ1) is 29.5. The lowest BCUT2D eigenvalue weighted by atomic mass is 9.94. The molecule has 4 aliphatic rings. The molecule has 218 valence electrons. The number of sulfonamides is 1. The Kier molecular flexibility index (Phi) is 8.74. The third kappa shape index (κ3) is 6.82. The first-order valence-corrected chi connectivity index (χ1v) is 15.7. The Morgan fingerprint density at radius 2 is 1.79 bits per heavy atom. The summed E-state index contributed by atoms with van der Waals surface area (Å²) in [6.45, 7) is 3.27. The summed E-state index contributed by atoms with van der Waals surface area (Å²) in [5.74, 6) is -2.42. The van der Waals surface area contributed by atoms with Crippen LogP contribution >= 0.6 is 12.2 Å². The second kappa shape index (κ2) is 11.6. The summed E-state index contributed by atoms with van der Waals surface area (Å²) in [6, 6.07) is -1.78. The highest BCUT2D eigenvalue weighted by Gasteiger charge is 2.64. The van der Waals surface area contributed by atoms with E-state index in [1.54, 1.807) is 0 Å². The Hall–Kier alpha value is -2.48. The smallest absolute Gasteiger partial charge is 0.302 e. The molecule has 0 radical (unpaired) electrons. The van der Waals surface area contributed by atoms with E-state index in [1.807, 2.05) is 6.92 Å². The molecule has 2 heterocycles. The van der Waals surface area contributed by atoms with Gasteiger partial charge >= 0.3 is 5.97 Å². The van der Waals surface area contributed by atoms with E-state index < -0.39 is 62.7 Å². The molecule has 12 nitrogen and oxygen atoms in total. The maximum atomic E-state index is 13.8. The number of ether oxygens (including phenoxy) is 1. The predicted octanol–water partition coefficient (Wildman–Crippen LogP) is 0.194. The van der Waals surface area contributed by atoms with Crippen LogP contribution in [0.15, 0.2) is 0 Å². The fraction of sp³-hybridized carbons (Fsp3) is 0.800. The number of hydrogen-bond acceptors (Lipinski definition) is 8. The van der Waals surface area contributed by atoms with Gasteiger partial charge in [0.2, 0.25) is 21.8 Å². The van der Waals surface area contributed by atoms with Crippen molar-refractivity contribution in [2.24, 2.45) is 17.6 Å². The van der Waals surface area contributed by atoms with Crippen LogP contribution in [0.1, 0.15) is 78.1 Å². The Morgan fingerprint density at radius 1 is 1.13 bits per heavy atom. The lowest BCUT2D eigenvalue weighted by Crippen LogP contribution is -2.58. The summed E-state index contributed by atoms with van der Waals surface area (Å²) in [4.78, 5) is 53.9. The number of rotatable bonds is 5. The maximum Gasteiger partial charge on any atom is 0.302 e. The number of nitrogens with two attached hydrogens (primary N) is 1. The van der Waals surface area contributed by atoms with Crippen molar-refractivity contribution in [1.29, 1.82) is 0 Å². The fourth-order valence-corrected chi connectivity index (χ4v) is 7.54. The Labute approximate surface area is 234 Å². The van der Waals surface area contributed by atoms with E-state index in [-0.39, 0.29) is 29.9 Å². The van der Waals surface area contributed by atoms with Crippen molar-refractivity contribution in [3.05, 3.63) is 0 Å². The van der Waals surface area contributed by atoms with E-state index >= 15 is 0 Å². The summed E-state index contributed by atoms with van der Waals surface area (Å²) in [6.07, 6.45) is 5.39. The fourth-order valence-electron chi connectivity index (χ4n) is 6.03. The summed E-state index contributed by atoms with van der Waals surface area (Å²) in [5, 5.41) is 5.07.